The average Bonchev–Trinajstić information content (AvgIpc) is 3.18. The topological polar surface area (TPSA) is 72.9 Å². The van der Waals surface area contributed by atoms with Gasteiger partial charge >= 0.3 is 0 Å². The molecule has 0 unspecified atom stereocenters. The molecule has 0 aliphatic carbocycles. The van der Waals surface area contributed by atoms with Crippen molar-refractivity contribution in [3.05, 3.63) is 60.7 Å². The Morgan fingerprint density at radius 3 is 2.39 bits per heavy atom. The van der Waals surface area contributed by atoms with E-state index < -0.39 is 0 Å². The summed E-state index contributed by atoms with van der Waals surface area (Å²) in [7, 11) is 0. The van der Waals surface area contributed by atoms with Crippen LogP contribution in [0.25, 0.3) is 44.5 Å². The van der Waals surface area contributed by atoms with Crippen molar-refractivity contribution in [1.82, 2.24) is 19.9 Å². The molecule has 0 aliphatic rings. The molecular formula is C25H24N4O2. The molecule has 31 heavy (non-hydrogen) atoms. The fourth-order valence-electron chi connectivity index (χ4n) is 3.46. The van der Waals surface area contributed by atoms with Crippen molar-refractivity contribution in [2.75, 3.05) is 13.4 Å². The highest BCUT2D eigenvalue weighted by molar-refractivity contribution is 5.95. The van der Waals surface area contributed by atoms with E-state index in [1.807, 2.05) is 60.7 Å². The van der Waals surface area contributed by atoms with Crippen LogP contribution >= 0.6 is 0 Å². The lowest BCUT2D eigenvalue weighted by atomic mass is 10.1. The van der Waals surface area contributed by atoms with Gasteiger partial charge in [-0.25, -0.2) is 15.0 Å². The second kappa shape index (κ2) is 8.32. The molecule has 0 saturated heterocycles. The van der Waals surface area contributed by atoms with Crippen LogP contribution in [0.4, 0.5) is 0 Å². The third-order valence-electron chi connectivity index (χ3n) is 5.22. The minimum atomic E-state index is 0.257. The number of aromatic nitrogens is 4. The first kappa shape index (κ1) is 19.5. The molecule has 0 amide bonds. The Morgan fingerprint density at radius 1 is 0.806 bits per heavy atom. The van der Waals surface area contributed by atoms with Gasteiger partial charge in [0, 0.05) is 5.56 Å². The number of hydrogen-bond acceptors (Lipinski definition) is 5. The summed E-state index contributed by atoms with van der Waals surface area (Å²) in [4.78, 5) is 17.6. The first-order valence-electron chi connectivity index (χ1n) is 10.5. The van der Waals surface area contributed by atoms with E-state index in [-0.39, 0.29) is 6.79 Å². The van der Waals surface area contributed by atoms with E-state index in [1.54, 1.807) is 0 Å². The number of nitrogens with zero attached hydrogens (tertiary/aromatic N) is 3. The lowest BCUT2D eigenvalue weighted by molar-refractivity contribution is 0.0107. The largest absolute Gasteiger partial charge is 0.468 e. The number of benzene rings is 3. The number of hydrogen-bond donors (Lipinski definition) is 1. The standard InChI is InChI=1S/C25H24N4O2/c1-16(2)11-12-30-15-31-18-9-7-17(8-10-18)25-28-23-13-21-22(14-24(23)29-25)27-20-6-4-3-5-19(20)26-21/h3-10,13-14,16,26H,11-12,15H2,1-2H3. The quantitative estimate of drug-likeness (QED) is 0.210. The molecule has 2 heterocycles. The summed E-state index contributed by atoms with van der Waals surface area (Å²) in [6.07, 6.45) is 1.03. The highest BCUT2D eigenvalue weighted by atomic mass is 16.7. The van der Waals surface area contributed by atoms with Crippen LogP contribution in [0.5, 0.6) is 5.75 Å². The molecule has 6 nitrogen and oxygen atoms in total. The van der Waals surface area contributed by atoms with Gasteiger partial charge in [-0.2, -0.15) is 0 Å². The maximum absolute atomic E-state index is 5.65. The second-order valence-corrected chi connectivity index (χ2v) is 8.04. The van der Waals surface area contributed by atoms with Crippen molar-refractivity contribution < 1.29 is 9.47 Å². The molecule has 3 aromatic carbocycles. The van der Waals surface area contributed by atoms with Gasteiger partial charge in [-0.05, 0) is 60.9 Å². The van der Waals surface area contributed by atoms with Crippen LogP contribution in [0.1, 0.15) is 20.3 Å². The zero-order valence-electron chi connectivity index (χ0n) is 17.6. The van der Waals surface area contributed by atoms with E-state index >= 15 is 0 Å². The summed E-state index contributed by atoms with van der Waals surface area (Å²) in [5.41, 5.74) is 6.36. The van der Waals surface area contributed by atoms with E-state index in [0.29, 0.717) is 18.3 Å². The maximum atomic E-state index is 5.65. The number of para-hydroxylation sites is 2. The molecule has 1 N–H and O–H groups in total. The van der Waals surface area contributed by atoms with Gasteiger partial charge in [-0.3, -0.25) is 0 Å². The predicted molar refractivity (Wildman–Crippen MR) is 123 cm³/mol. The first-order chi connectivity index (χ1) is 15.2. The summed E-state index contributed by atoms with van der Waals surface area (Å²) in [6.45, 7) is 5.32. The number of rotatable bonds is 7. The zero-order chi connectivity index (χ0) is 21.2. The van der Waals surface area contributed by atoms with Gasteiger partial charge < -0.3 is 14.5 Å². The molecule has 0 spiro atoms. The van der Waals surface area contributed by atoms with Crippen LogP contribution in [0, 0.1) is 5.92 Å². The van der Waals surface area contributed by atoms with Crippen LogP contribution in [0.2, 0.25) is 0 Å². The summed E-state index contributed by atoms with van der Waals surface area (Å²) >= 11 is 0. The number of fused-ring (bicyclic) bond motifs is 3. The molecule has 6 heteroatoms. The number of nitrogens with one attached hydrogen (secondary N) is 1. The van der Waals surface area contributed by atoms with Gasteiger partial charge in [-0.15, -0.1) is 0 Å². The number of H-pyrrole nitrogens is 1. The number of ether oxygens (including phenoxy) is 2. The van der Waals surface area contributed by atoms with Crippen LogP contribution in [0.3, 0.4) is 0 Å². The van der Waals surface area contributed by atoms with Crippen LogP contribution in [-0.2, 0) is 4.74 Å². The lowest BCUT2D eigenvalue weighted by Crippen LogP contribution is -2.05. The minimum Gasteiger partial charge on any atom is -0.468 e. The Morgan fingerprint density at radius 2 is 1.58 bits per heavy atom. The average molecular weight is 412 g/mol. The fourth-order valence-corrected chi connectivity index (χ4v) is 3.46. The molecule has 0 bridgehead atoms. The third-order valence-corrected chi connectivity index (χ3v) is 5.22. The Bertz CT molecular complexity index is 1270. The number of aromatic amines is 1. The monoisotopic (exact) mass is 412 g/mol. The van der Waals surface area contributed by atoms with E-state index in [1.165, 1.54) is 0 Å². The van der Waals surface area contributed by atoms with E-state index in [9.17, 15) is 0 Å². The highest BCUT2D eigenvalue weighted by Crippen LogP contribution is 2.26. The second-order valence-electron chi connectivity index (χ2n) is 8.04. The van der Waals surface area contributed by atoms with Crippen molar-refractivity contribution in [2.45, 2.75) is 20.3 Å². The van der Waals surface area contributed by atoms with Gasteiger partial charge in [0.15, 0.2) is 12.6 Å². The zero-order valence-corrected chi connectivity index (χ0v) is 17.6. The molecule has 5 rings (SSSR count). The molecular weight excluding hydrogens is 388 g/mol. The number of imidazole rings is 1. The van der Waals surface area contributed by atoms with Gasteiger partial charge in [0.05, 0.1) is 39.7 Å². The van der Waals surface area contributed by atoms with Crippen LogP contribution in [-0.4, -0.2) is 33.3 Å². The normalized spacial score (nSPS) is 11.7. The SMILES string of the molecule is CC(C)CCOCOc1ccc(-c2nc3cc4nc5ccccc5[nH]c4cc3n2)cc1. The predicted octanol–water partition coefficient (Wildman–Crippen LogP) is 5.73. The maximum Gasteiger partial charge on any atom is 0.189 e. The van der Waals surface area contributed by atoms with Crippen molar-refractivity contribution >= 4 is 33.1 Å². The van der Waals surface area contributed by atoms with E-state index in [0.717, 1.165) is 50.8 Å². The molecule has 0 radical (unpaired) electrons. The Kier molecular flexibility index (Phi) is 5.22. The van der Waals surface area contributed by atoms with E-state index in [2.05, 4.69) is 18.8 Å². The fraction of sp³-hybridized carbons (Fsp3) is 0.240. The molecule has 0 fully saturated rings. The summed E-state index contributed by atoms with van der Waals surface area (Å²) in [5, 5.41) is 0. The molecule has 0 saturated carbocycles. The van der Waals surface area contributed by atoms with Gasteiger partial charge in [0.25, 0.3) is 0 Å². The molecule has 5 aromatic rings. The van der Waals surface area contributed by atoms with E-state index in [4.69, 9.17) is 24.4 Å². The smallest absolute Gasteiger partial charge is 0.189 e. The van der Waals surface area contributed by atoms with Gasteiger partial charge in [-0.1, -0.05) is 26.0 Å². The van der Waals surface area contributed by atoms with Gasteiger partial charge in [0.2, 0.25) is 0 Å². The molecule has 2 aromatic heterocycles. The van der Waals surface area contributed by atoms with Gasteiger partial charge in [0.1, 0.15) is 5.75 Å². The highest BCUT2D eigenvalue weighted by Gasteiger charge is 2.10. The minimum absolute atomic E-state index is 0.257. The lowest BCUT2D eigenvalue weighted by Gasteiger charge is -2.08. The van der Waals surface area contributed by atoms with Crippen molar-refractivity contribution in [3.63, 3.8) is 0 Å². The van der Waals surface area contributed by atoms with Crippen LogP contribution < -0.4 is 4.74 Å². The Balaban J connectivity index is 1.36. The van der Waals surface area contributed by atoms with Crippen LogP contribution in [0.15, 0.2) is 60.7 Å². The van der Waals surface area contributed by atoms with Crippen molar-refractivity contribution in [3.8, 4) is 17.1 Å². The Labute approximate surface area is 180 Å². The first-order valence-corrected chi connectivity index (χ1v) is 10.5. The molecule has 156 valence electrons. The molecule has 0 atom stereocenters. The van der Waals surface area contributed by atoms with Crippen molar-refractivity contribution in [1.29, 1.82) is 0 Å². The summed E-state index contributed by atoms with van der Waals surface area (Å²) < 4.78 is 11.2. The Hall–Kier alpha value is -3.51. The summed E-state index contributed by atoms with van der Waals surface area (Å²) in [5.74, 6) is 2.08. The van der Waals surface area contributed by atoms with Crippen molar-refractivity contribution in [2.24, 2.45) is 5.92 Å². The third kappa shape index (κ3) is 4.20. The summed E-state index contributed by atoms with van der Waals surface area (Å²) in [6, 6.07) is 19.8. The molecule has 0 aliphatic heterocycles.